The molecule has 1 N–H and O–H groups in total. The van der Waals surface area contributed by atoms with Crippen molar-refractivity contribution in [3.8, 4) is 0 Å². The Balaban J connectivity index is 1.48. The molecule has 2 heterocycles. The highest BCUT2D eigenvalue weighted by Crippen LogP contribution is 2.44. The summed E-state index contributed by atoms with van der Waals surface area (Å²) in [4.78, 5) is 31.7. The largest absolute Gasteiger partial charge is 0.466 e. The number of piperidine rings is 1. The number of thiazole rings is 1. The SMILES string of the molecule is CCOC(=O)C1CC(c2cnc(NC(=O)C3CCN(C)CC3)s2)C1. The lowest BCUT2D eigenvalue weighted by molar-refractivity contribution is -0.151. The van der Waals surface area contributed by atoms with E-state index in [4.69, 9.17) is 4.74 Å². The third kappa shape index (κ3) is 3.95. The van der Waals surface area contributed by atoms with E-state index in [0.29, 0.717) is 17.7 Å². The van der Waals surface area contributed by atoms with E-state index in [1.165, 1.54) is 11.3 Å². The van der Waals surface area contributed by atoms with Crippen LogP contribution in [0.3, 0.4) is 0 Å². The smallest absolute Gasteiger partial charge is 0.308 e. The number of hydrogen-bond acceptors (Lipinski definition) is 6. The molecule has 7 heteroatoms. The van der Waals surface area contributed by atoms with E-state index >= 15 is 0 Å². The van der Waals surface area contributed by atoms with Gasteiger partial charge in [-0.1, -0.05) is 0 Å². The molecule has 1 saturated carbocycles. The first-order valence-corrected chi connectivity index (χ1v) is 9.50. The minimum absolute atomic E-state index is 0.0225. The molecule has 6 nitrogen and oxygen atoms in total. The number of nitrogens with zero attached hydrogens (tertiary/aromatic N) is 2. The first-order valence-electron chi connectivity index (χ1n) is 8.68. The van der Waals surface area contributed by atoms with Crippen LogP contribution < -0.4 is 5.32 Å². The van der Waals surface area contributed by atoms with Gasteiger partial charge in [-0.25, -0.2) is 4.98 Å². The van der Waals surface area contributed by atoms with Gasteiger partial charge in [-0.2, -0.15) is 0 Å². The molecular weight excluding hydrogens is 326 g/mol. The highest BCUT2D eigenvalue weighted by atomic mass is 32.1. The molecular formula is C17H25N3O3S. The number of anilines is 1. The molecule has 1 saturated heterocycles. The quantitative estimate of drug-likeness (QED) is 0.825. The number of carbonyl (C=O) groups is 2. The number of esters is 1. The second-order valence-corrected chi connectivity index (χ2v) is 7.81. The average Bonchev–Trinajstić information content (AvgIpc) is 2.94. The zero-order valence-corrected chi connectivity index (χ0v) is 15.1. The van der Waals surface area contributed by atoms with Crippen LogP contribution in [0.4, 0.5) is 5.13 Å². The van der Waals surface area contributed by atoms with Crippen LogP contribution in [-0.4, -0.2) is 48.5 Å². The van der Waals surface area contributed by atoms with Crippen LogP contribution in [0.2, 0.25) is 0 Å². The molecule has 0 unspecified atom stereocenters. The monoisotopic (exact) mass is 351 g/mol. The molecule has 1 amide bonds. The van der Waals surface area contributed by atoms with Crippen molar-refractivity contribution < 1.29 is 14.3 Å². The van der Waals surface area contributed by atoms with Crippen LogP contribution in [0.25, 0.3) is 0 Å². The molecule has 2 fully saturated rings. The highest BCUT2D eigenvalue weighted by Gasteiger charge is 2.37. The lowest BCUT2D eigenvalue weighted by Crippen LogP contribution is -2.35. The molecule has 3 rings (SSSR count). The normalized spacial score (nSPS) is 25.1. The number of rotatable bonds is 5. The minimum Gasteiger partial charge on any atom is -0.466 e. The Bertz CT molecular complexity index is 590. The molecule has 0 spiro atoms. The Morgan fingerprint density at radius 1 is 1.33 bits per heavy atom. The Kier molecular flexibility index (Phi) is 5.50. The summed E-state index contributed by atoms with van der Waals surface area (Å²) in [5, 5.41) is 3.64. The van der Waals surface area contributed by atoms with Crippen molar-refractivity contribution >= 4 is 28.3 Å². The molecule has 1 aliphatic heterocycles. The number of carbonyl (C=O) groups excluding carboxylic acids is 2. The summed E-state index contributed by atoms with van der Waals surface area (Å²) in [5.41, 5.74) is 0. The second-order valence-electron chi connectivity index (χ2n) is 6.75. The van der Waals surface area contributed by atoms with E-state index in [1.807, 2.05) is 13.1 Å². The van der Waals surface area contributed by atoms with Crippen molar-refractivity contribution in [2.75, 3.05) is 32.1 Å². The van der Waals surface area contributed by atoms with Crippen molar-refractivity contribution in [1.29, 1.82) is 0 Å². The van der Waals surface area contributed by atoms with E-state index in [0.717, 1.165) is 43.6 Å². The van der Waals surface area contributed by atoms with Gasteiger partial charge in [0.05, 0.1) is 12.5 Å². The maximum absolute atomic E-state index is 12.3. The van der Waals surface area contributed by atoms with Crippen molar-refractivity contribution in [3.63, 3.8) is 0 Å². The zero-order valence-electron chi connectivity index (χ0n) is 14.3. The predicted octanol–water partition coefficient (Wildman–Crippen LogP) is 2.48. The Morgan fingerprint density at radius 2 is 2.04 bits per heavy atom. The topological polar surface area (TPSA) is 71.5 Å². The summed E-state index contributed by atoms with van der Waals surface area (Å²) in [5.74, 6) is 0.474. The van der Waals surface area contributed by atoms with E-state index < -0.39 is 0 Å². The molecule has 1 aromatic rings. The van der Waals surface area contributed by atoms with Gasteiger partial charge in [-0.15, -0.1) is 11.3 Å². The predicted molar refractivity (Wildman–Crippen MR) is 93.1 cm³/mol. The van der Waals surface area contributed by atoms with Gasteiger partial charge in [0.25, 0.3) is 0 Å². The zero-order chi connectivity index (χ0) is 17.1. The number of hydrogen-bond donors (Lipinski definition) is 1. The fourth-order valence-corrected chi connectivity index (χ4v) is 4.26. The van der Waals surface area contributed by atoms with Gasteiger partial charge in [-0.3, -0.25) is 9.59 Å². The van der Waals surface area contributed by atoms with Gasteiger partial charge >= 0.3 is 5.97 Å². The van der Waals surface area contributed by atoms with Gasteiger partial charge in [0, 0.05) is 17.0 Å². The van der Waals surface area contributed by atoms with Crippen LogP contribution in [-0.2, 0) is 14.3 Å². The summed E-state index contributed by atoms with van der Waals surface area (Å²) in [6, 6.07) is 0. The number of amides is 1. The lowest BCUT2D eigenvalue weighted by Gasteiger charge is -2.32. The summed E-state index contributed by atoms with van der Waals surface area (Å²) < 4.78 is 5.05. The molecule has 0 aromatic carbocycles. The van der Waals surface area contributed by atoms with Crippen molar-refractivity contribution in [3.05, 3.63) is 11.1 Å². The fourth-order valence-electron chi connectivity index (χ4n) is 3.31. The van der Waals surface area contributed by atoms with Gasteiger partial charge in [0.15, 0.2) is 5.13 Å². The van der Waals surface area contributed by atoms with Crippen LogP contribution in [0.15, 0.2) is 6.20 Å². The van der Waals surface area contributed by atoms with Gasteiger partial charge in [0.1, 0.15) is 0 Å². The number of likely N-dealkylation sites (tertiary alicyclic amines) is 1. The molecule has 24 heavy (non-hydrogen) atoms. The number of aromatic nitrogens is 1. The Morgan fingerprint density at radius 3 is 2.71 bits per heavy atom. The number of ether oxygens (including phenoxy) is 1. The van der Waals surface area contributed by atoms with Crippen molar-refractivity contribution in [2.45, 2.75) is 38.5 Å². The average molecular weight is 351 g/mol. The van der Waals surface area contributed by atoms with Gasteiger partial charge in [-0.05, 0) is 58.7 Å². The molecule has 0 radical (unpaired) electrons. The summed E-state index contributed by atoms with van der Waals surface area (Å²) in [6.45, 7) is 4.21. The van der Waals surface area contributed by atoms with Crippen molar-refractivity contribution in [1.82, 2.24) is 9.88 Å². The first-order chi connectivity index (χ1) is 11.6. The third-order valence-corrected chi connectivity index (χ3v) is 6.08. The van der Waals surface area contributed by atoms with E-state index in [2.05, 4.69) is 22.2 Å². The third-order valence-electron chi connectivity index (χ3n) is 5.00. The van der Waals surface area contributed by atoms with Crippen LogP contribution in [0, 0.1) is 11.8 Å². The Hall–Kier alpha value is -1.47. The van der Waals surface area contributed by atoms with Crippen LogP contribution in [0.1, 0.15) is 43.4 Å². The molecule has 0 bridgehead atoms. The van der Waals surface area contributed by atoms with E-state index in [1.54, 1.807) is 0 Å². The second kappa shape index (κ2) is 7.61. The fraction of sp³-hybridized carbons (Fsp3) is 0.706. The molecule has 132 valence electrons. The number of nitrogens with one attached hydrogen (secondary N) is 1. The standard InChI is InChI=1S/C17H25N3O3S/c1-3-23-16(22)13-8-12(9-13)14-10-18-17(24-14)19-15(21)11-4-6-20(2)7-5-11/h10-13H,3-9H2,1-2H3,(H,18,19,21). The van der Waals surface area contributed by atoms with Crippen molar-refractivity contribution in [2.24, 2.45) is 11.8 Å². The van der Waals surface area contributed by atoms with Gasteiger partial charge < -0.3 is 15.0 Å². The van der Waals surface area contributed by atoms with Crippen LogP contribution >= 0.6 is 11.3 Å². The molecule has 2 aliphatic rings. The van der Waals surface area contributed by atoms with E-state index in [-0.39, 0.29) is 23.7 Å². The minimum atomic E-state index is -0.0888. The summed E-state index contributed by atoms with van der Waals surface area (Å²) in [6.07, 6.45) is 5.29. The lowest BCUT2D eigenvalue weighted by atomic mass is 9.74. The molecule has 1 aromatic heterocycles. The van der Waals surface area contributed by atoms with E-state index in [9.17, 15) is 9.59 Å². The first kappa shape index (κ1) is 17.4. The summed E-state index contributed by atoms with van der Waals surface area (Å²) >= 11 is 1.53. The highest BCUT2D eigenvalue weighted by molar-refractivity contribution is 7.15. The molecule has 0 atom stereocenters. The van der Waals surface area contributed by atoms with Crippen LogP contribution in [0.5, 0.6) is 0 Å². The summed E-state index contributed by atoms with van der Waals surface area (Å²) in [7, 11) is 2.09. The Labute approximate surface area is 146 Å². The maximum atomic E-state index is 12.3. The maximum Gasteiger partial charge on any atom is 0.308 e. The molecule has 1 aliphatic carbocycles. The van der Waals surface area contributed by atoms with Gasteiger partial charge in [0.2, 0.25) is 5.91 Å².